The van der Waals surface area contributed by atoms with Gasteiger partial charge in [0, 0.05) is 31.0 Å². The minimum Gasteiger partial charge on any atom is -0.490 e. The number of ether oxygens (including phenoxy) is 2. The first-order chi connectivity index (χ1) is 10.9. The molecule has 2 aromatic heterocycles. The van der Waals surface area contributed by atoms with Crippen molar-refractivity contribution in [1.82, 2.24) is 9.38 Å². The number of pyridine rings is 1. The number of fused-ring (bicyclic) bond motifs is 1. The zero-order valence-electron chi connectivity index (χ0n) is 13.5. The minimum absolute atomic E-state index is 0.0634. The summed E-state index contributed by atoms with van der Waals surface area (Å²) in [7, 11) is 1.77. The van der Waals surface area contributed by atoms with Gasteiger partial charge in [0.2, 0.25) is 0 Å². The number of carbonyl (C=O) groups is 1. The molecule has 0 amide bonds. The van der Waals surface area contributed by atoms with E-state index in [2.05, 4.69) is 0 Å². The van der Waals surface area contributed by atoms with Crippen LogP contribution in [0.2, 0.25) is 0 Å². The van der Waals surface area contributed by atoms with Crippen LogP contribution in [0, 0.1) is 0 Å². The number of methoxy groups -OCH3 is 1. The van der Waals surface area contributed by atoms with Gasteiger partial charge in [0.25, 0.3) is 0 Å². The normalized spacial score (nSPS) is 28.5. The van der Waals surface area contributed by atoms with Crippen LogP contribution in [0.4, 0.5) is 0 Å². The van der Waals surface area contributed by atoms with Crippen LogP contribution in [-0.4, -0.2) is 39.3 Å². The van der Waals surface area contributed by atoms with Crippen molar-refractivity contribution in [1.29, 1.82) is 0 Å². The number of rotatable bonds is 5. The lowest BCUT2D eigenvalue weighted by atomic mass is 9.40. The Bertz CT molecular complexity index is 788. The number of carboxylic acids is 1. The van der Waals surface area contributed by atoms with Crippen LogP contribution < -0.4 is 4.74 Å². The van der Waals surface area contributed by atoms with E-state index < -0.39 is 5.97 Å². The maximum absolute atomic E-state index is 11.5. The van der Waals surface area contributed by atoms with Gasteiger partial charge < -0.3 is 19.0 Å². The monoisotopic (exact) mass is 316 g/mol. The Hall–Kier alpha value is -2.08. The second-order valence-corrected chi connectivity index (χ2v) is 7.11. The molecular formula is C17H20N2O4. The molecule has 0 spiro atoms. The van der Waals surface area contributed by atoms with E-state index in [4.69, 9.17) is 14.5 Å². The summed E-state index contributed by atoms with van der Waals surface area (Å²) in [5.74, 6) is -0.634. The fourth-order valence-electron chi connectivity index (χ4n) is 3.97. The summed E-state index contributed by atoms with van der Waals surface area (Å²) in [6.45, 7) is 3.75. The molecule has 122 valence electrons. The fraction of sp³-hybridized carbons (Fsp3) is 0.529. The molecule has 5 rings (SSSR count). The van der Waals surface area contributed by atoms with Crippen molar-refractivity contribution in [3.05, 3.63) is 29.7 Å². The number of carboxylic acid groups (broad SMARTS) is 1. The summed E-state index contributed by atoms with van der Waals surface area (Å²) >= 11 is 0. The Morgan fingerprint density at radius 2 is 2.04 bits per heavy atom. The largest absolute Gasteiger partial charge is 0.490 e. The lowest BCUT2D eigenvalue weighted by Crippen LogP contribution is -2.70. The third kappa shape index (κ3) is 1.97. The highest BCUT2D eigenvalue weighted by Gasteiger charge is 2.70. The van der Waals surface area contributed by atoms with Crippen LogP contribution in [0.5, 0.6) is 5.75 Å². The molecule has 23 heavy (non-hydrogen) atoms. The summed E-state index contributed by atoms with van der Waals surface area (Å²) in [6, 6.07) is 1.71. The Kier molecular flexibility index (Phi) is 2.82. The van der Waals surface area contributed by atoms with E-state index in [-0.39, 0.29) is 22.7 Å². The van der Waals surface area contributed by atoms with Gasteiger partial charge in [0.05, 0.1) is 17.4 Å². The summed E-state index contributed by atoms with van der Waals surface area (Å²) in [4.78, 5) is 16.2. The van der Waals surface area contributed by atoms with Gasteiger partial charge in [-0.3, -0.25) is 0 Å². The van der Waals surface area contributed by atoms with Crippen molar-refractivity contribution in [3.8, 4) is 5.75 Å². The molecule has 2 aromatic rings. The summed E-state index contributed by atoms with van der Waals surface area (Å²) in [5, 5.41) is 9.41. The zero-order valence-corrected chi connectivity index (χ0v) is 13.5. The van der Waals surface area contributed by atoms with Crippen LogP contribution in [0.25, 0.3) is 5.65 Å². The molecule has 0 aromatic carbocycles. The van der Waals surface area contributed by atoms with E-state index >= 15 is 0 Å². The average molecular weight is 316 g/mol. The predicted octanol–water partition coefficient (Wildman–Crippen LogP) is 2.64. The highest BCUT2D eigenvalue weighted by molar-refractivity contribution is 5.91. The van der Waals surface area contributed by atoms with E-state index in [9.17, 15) is 9.90 Å². The molecule has 2 heterocycles. The zero-order chi connectivity index (χ0) is 16.4. The molecular weight excluding hydrogens is 296 g/mol. The maximum atomic E-state index is 11.5. The standard InChI is InChI=1S/C17H20N2O4/c1-10(2)23-12-4-14-18-13(6-19(14)5-11(12)15(20)21)16-7-17(8-16,9-16)22-3/h4-6,10H,7-9H2,1-3H3,(H,20,21). The topological polar surface area (TPSA) is 73.1 Å². The highest BCUT2D eigenvalue weighted by Crippen LogP contribution is 2.69. The molecule has 0 unspecified atom stereocenters. The molecule has 6 nitrogen and oxygen atoms in total. The van der Waals surface area contributed by atoms with Crippen molar-refractivity contribution in [3.63, 3.8) is 0 Å². The molecule has 0 atom stereocenters. The van der Waals surface area contributed by atoms with Gasteiger partial charge in [0.1, 0.15) is 17.0 Å². The van der Waals surface area contributed by atoms with Crippen LogP contribution in [0.15, 0.2) is 18.5 Å². The Morgan fingerprint density at radius 1 is 1.35 bits per heavy atom. The molecule has 3 saturated carbocycles. The summed E-state index contributed by atoms with van der Waals surface area (Å²) < 4.78 is 13.0. The number of aromatic nitrogens is 2. The minimum atomic E-state index is -0.998. The molecule has 2 bridgehead atoms. The lowest BCUT2D eigenvalue weighted by Gasteiger charge is -2.68. The Morgan fingerprint density at radius 3 is 2.61 bits per heavy atom. The fourth-order valence-corrected chi connectivity index (χ4v) is 3.97. The van der Waals surface area contributed by atoms with Crippen molar-refractivity contribution in [2.24, 2.45) is 0 Å². The molecule has 0 aliphatic heterocycles. The second-order valence-electron chi connectivity index (χ2n) is 7.11. The van der Waals surface area contributed by atoms with Gasteiger partial charge in [-0.15, -0.1) is 0 Å². The van der Waals surface area contributed by atoms with Crippen molar-refractivity contribution in [2.75, 3.05) is 7.11 Å². The first-order valence-electron chi connectivity index (χ1n) is 7.85. The van der Waals surface area contributed by atoms with Crippen LogP contribution in [0.3, 0.4) is 0 Å². The van der Waals surface area contributed by atoms with E-state index in [1.54, 1.807) is 23.8 Å². The second kappa shape index (κ2) is 4.47. The van der Waals surface area contributed by atoms with Gasteiger partial charge in [-0.05, 0) is 33.1 Å². The predicted molar refractivity (Wildman–Crippen MR) is 83.2 cm³/mol. The van der Waals surface area contributed by atoms with E-state index in [1.165, 1.54) is 0 Å². The van der Waals surface area contributed by atoms with Gasteiger partial charge in [-0.25, -0.2) is 9.78 Å². The van der Waals surface area contributed by atoms with E-state index in [0.717, 1.165) is 30.6 Å². The van der Waals surface area contributed by atoms with Crippen molar-refractivity contribution >= 4 is 11.6 Å². The maximum Gasteiger partial charge on any atom is 0.341 e. The molecule has 1 N–H and O–H groups in total. The van der Waals surface area contributed by atoms with Gasteiger partial charge in [-0.2, -0.15) is 0 Å². The Labute approximate surface area is 134 Å². The third-order valence-electron chi connectivity index (χ3n) is 5.11. The number of hydrogen-bond acceptors (Lipinski definition) is 4. The molecule has 0 saturated heterocycles. The average Bonchev–Trinajstić information content (AvgIpc) is 2.76. The molecule has 0 radical (unpaired) electrons. The van der Waals surface area contributed by atoms with Crippen molar-refractivity contribution < 1.29 is 19.4 Å². The van der Waals surface area contributed by atoms with Crippen molar-refractivity contribution in [2.45, 2.75) is 50.2 Å². The summed E-state index contributed by atoms with van der Waals surface area (Å²) in [6.07, 6.45) is 6.44. The number of hydrogen-bond donors (Lipinski definition) is 1. The molecule has 3 aliphatic rings. The number of nitrogens with zero attached hydrogens (tertiary/aromatic N) is 2. The van der Waals surface area contributed by atoms with Gasteiger partial charge in [-0.1, -0.05) is 0 Å². The highest BCUT2D eigenvalue weighted by atomic mass is 16.5. The quantitative estimate of drug-likeness (QED) is 0.918. The van der Waals surface area contributed by atoms with E-state index in [0.29, 0.717) is 5.75 Å². The van der Waals surface area contributed by atoms with Gasteiger partial charge >= 0.3 is 5.97 Å². The molecule has 3 fully saturated rings. The smallest absolute Gasteiger partial charge is 0.341 e. The first-order valence-corrected chi connectivity index (χ1v) is 7.85. The van der Waals surface area contributed by atoms with Gasteiger partial charge in [0.15, 0.2) is 0 Å². The summed E-state index contributed by atoms with van der Waals surface area (Å²) in [5.41, 5.74) is 2.07. The molecule has 6 heteroatoms. The Balaban J connectivity index is 1.73. The van der Waals surface area contributed by atoms with Crippen LogP contribution in [0.1, 0.15) is 49.2 Å². The van der Waals surface area contributed by atoms with Crippen LogP contribution in [-0.2, 0) is 10.2 Å². The van der Waals surface area contributed by atoms with Crippen LogP contribution >= 0.6 is 0 Å². The number of imidazole rings is 1. The van der Waals surface area contributed by atoms with E-state index in [1.807, 2.05) is 20.0 Å². The number of aromatic carboxylic acids is 1. The lowest BCUT2D eigenvalue weighted by molar-refractivity contribution is -0.233. The first kappa shape index (κ1) is 14.5. The SMILES string of the molecule is COC12CC(c3cn4cc(C(=O)O)c(OC(C)C)cc4n3)(C1)C2. The third-order valence-corrected chi connectivity index (χ3v) is 5.11. The molecule has 3 aliphatic carbocycles.